The molecule has 0 atom stereocenters. The number of benzene rings is 1. The number of carbonyl (C=O) groups is 2. The monoisotopic (exact) mass is 278 g/mol. The zero-order valence-electron chi connectivity index (χ0n) is 11.8. The van der Waals surface area contributed by atoms with Gasteiger partial charge < -0.3 is 9.47 Å². The molecule has 6 heteroatoms. The lowest BCUT2D eigenvalue weighted by Crippen LogP contribution is -2.29. The van der Waals surface area contributed by atoms with Crippen molar-refractivity contribution in [1.82, 2.24) is 0 Å². The number of hydrogen-bond donors (Lipinski definition) is 1. The fourth-order valence-electron chi connectivity index (χ4n) is 1.32. The smallest absolute Gasteiger partial charge is 0.366 e. The molecular weight excluding hydrogens is 260 g/mol. The normalized spacial score (nSPS) is 9.55. The number of esters is 2. The molecule has 1 N–H and O–H groups in total. The number of aryl methyl sites for hydroxylation is 1. The molecule has 108 valence electrons. The minimum atomic E-state index is -0.814. The fraction of sp³-hybridized carbons (Fsp3) is 0.357. The maximum Gasteiger partial charge on any atom is 0.366 e. The van der Waals surface area contributed by atoms with Gasteiger partial charge in [0.25, 0.3) is 5.71 Å². The lowest BCUT2D eigenvalue weighted by atomic mass is 10.2. The molecule has 0 aromatic heterocycles. The molecule has 0 aliphatic heterocycles. The van der Waals surface area contributed by atoms with Crippen LogP contribution in [0.2, 0.25) is 0 Å². The van der Waals surface area contributed by atoms with E-state index in [9.17, 15) is 9.59 Å². The number of ether oxygens (including phenoxy) is 2. The van der Waals surface area contributed by atoms with E-state index in [1.54, 1.807) is 26.0 Å². The zero-order valence-corrected chi connectivity index (χ0v) is 11.8. The molecule has 1 aromatic carbocycles. The lowest BCUT2D eigenvalue weighted by Gasteiger charge is -2.06. The van der Waals surface area contributed by atoms with Crippen LogP contribution in [0.3, 0.4) is 0 Å². The van der Waals surface area contributed by atoms with Crippen LogP contribution in [-0.2, 0) is 19.1 Å². The summed E-state index contributed by atoms with van der Waals surface area (Å²) in [7, 11) is 0. The summed E-state index contributed by atoms with van der Waals surface area (Å²) in [6.45, 7) is 5.56. The van der Waals surface area contributed by atoms with Crippen molar-refractivity contribution in [3.63, 3.8) is 0 Å². The Kier molecular flexibility index (Phi) is 6.22. The summed E-state index contributed by atoms with van der Waals surface area (Å²) in [5.74, 6) is -1.63. The number of carbonyl (C=O) groups excluding carboxylic acids is 2. The third kappa shape index (κ3) is 4.72. The van der Waals surface area contributed by atoms with Crippen LogP contribution < -0.4 is 5.43 Å². The number of nitrogens with one attached hydrogen (secondary N) is 1. The summed E-state index contributed by atoms with van der Waals surface area (Å²) in [6, 6.07) is 7.33. The molecule has 0 saturated heterocycles. The van der Waals surface area contributed by atoms with Crippen molar-refractivity contribution in [3.8, 4) is 0 Å². The Hall–Kier alpha value is -2.37. The van der Waals surface area contributed by atoms with Crippen LogP contribution in [0, 0.1) is 6.92 Å². The molecule has 0 fully saturated rings. The minimum Gasteiger partial charge on any atom is -0.461 e. The summed E-state index contributed by atoms with van der Waals surface area (Å²) in [6.07, 6.45) is 0. The third-order valence-electron chi connectivity index (χ3n) is 2.29. The molecule has 0 saturated carbocycles. The maximum absolute atomic E-state index is 11.6. The first-order valence-electron chi connectivity index (χ1n) is 6.33. The average Bonchev–Trinajstić information content (AvgIpc) is 2.42. The highest BCUT2D eigenvalue weighted by atomic mass is 16.6. The Labute approximate surface area is 117 Å². The lowest BCUT2D eigenvalue weighted by molar-refractivity contribution is -0.140. The molecule has 0 unspecified atom stereocenters. The second kappa shape index (κ2) is 7.93. The number of nitrogens with zero attached hydrogens (tertiary/aromatic N) is 1. The highest BCUT2D eigenvalue weighted by Gasteiger charge is 2.23. The quantitative estimate of drug-likeness (QED) is 0.372. The Morgan fingerprint density at radius 3 is 2.00 bits per heavy atom. The topological polar surface area (TPSA) is 77.0 Å². The first kappa shape index (κ1) is 15.7. The summed E-state index contributed by atoms with van der Waals surface area (Å²) >= 11 is 0. The minimum absolute atomic E-state index is 0.155. The van der Waals surface area contributed by atoms with Gasteiger partial charge in [0.2, 0.25) is 0 Å². The Bertz CT molecular complexity index is 474. The van der Waals surface area contributed by atoms with Crippen molar-refractivity contribution in [3.05, 3.63) is 29.8 Å². The molecule has 6 nitrogen and oxygen atoms in total. The zero-order chi connectivity index (χ0) is 15.0. The Balaban J connectivity index is 2.86. The van der Waals surface area contributed by atoms with Gasteiger partial charge in [0.05, 0.1) is 18.9 Å². The van der Waals surface area contributed by atoms with Crippen LogP contribution >= 0.6 is 0 Å². The van der Waals surface area contributed by atoms with E-state index in [1.165, 1.54) is 0 Å². The molecule has 20 heavy (non-hydrogen) atoms. The maximum atomic E-state index is 11.6. The summed E-state index contributed by atoms with van der Waals surface area (Å²) < 4.78 is 9.54. The van der Waals surface area contributed by atoms with Gasteiger partial charge in [0.1, 0.15) is 0 Å². The van der Waals surface area contributed by atoms with Crippen molar-refractivity contribution in [2.45, 2.75) is 20.8 Å². The van der Waals surface area contributed by atoms with Crippen LogP contribution in [0.15, 0.2) is 29.4 Å². The van der Waals surface area contributed by atoms with Crippen LogP contribution in [0.25, 0.3) is 0 Å². The Morgan fingerprint density at radius 2 is 1.55 bits per heavy atom. The Morgan fingerprint density at radius 1 is 1.05 bits per heavy atom. The predicted octanol–water partition coefficient (Wildman–Crippen LogP) is 1.89. The van der Waals surface area contributed by atoms with Gasteiger partial charge in [-0.15, -0.1) is 0 Å². The first-order chi connectivity index (χ1) is 9.58. The van der Waals surface area contributed by atoms with E-state index >= 15 is 0 Å². The van der Waals surface area contributed by atoms with E-state index in [0.29, 0.717) is 5.69 Å². The molecule has 0 aliphatic carbocycles. The van der Waals surface area contributed by atoms with Gasteiger partial charge in [-0.25, -0.2) is 9.59 Å². The summed E-state index contributed by atoms with van der Waals surface area (Å²) in [5, 5.41) is 3.78. The number of rotatable bonds is 6. The number of hydrogen-bond acceptors (Lipinski definition) is 6. The highest BCUT2D eigenvalue weighted by Crippen LogP contribution is 2.08. The molecule has 0 heterocycles. The molecular formula is C14H18N2O4. The second-order valence-electron chi connectivity index (χ2n) is 3.88. The van der Waals surface area contributed by atoms with Gasteiger partial charge in [-0.3, -0.25) is 5.43 Å². The number of hydrazone groups is 1. The van der Waals surface area contributed by atoms with Gasteiger partial charge in [0, 0.05) is 0 Å². The van der Waals surface area contributed by atoms with Crippen molar-refractivity contribution >= 4 is 23.3 Å². The molecule has 0 aliphatic rings. The average molecular weight is 278 g/mol. The van der Waals surface area contributed by atoms with Crippen molar-refractivity contribution in [2.24, 2.45) is 5.10 Å². The molecule has 0 amide bonds. The standard InChI is InChI=1S/C14H18N2O4/c1-4-19-13(17)12(14(18)20-5-2)16-15-11-8-6-10(3)7-9-11/h6-9,15H,4-5H2,1-3H3. The van der Waals surface area contributed by atoms with Crippen molar-refractivity contribution < 1.29 is 19.1 Å². The third-order valence-corrected chi connectivity index (χ3v) is 2.29. The van der Waals surface area contributed by atoms with Gasteiger partial charge in [-0.05, 0) is 32.9 Å². The van der Waals surface area contributed by atoms with Gasteiger partial charge in [-0.2, -0.15) is 5.10 Å². The first-order valence-corrected chi connectivity index (χ1v) is 6.33. The summed E-state index contributed by atoms with van der Waals surface area (Å²) in [5.41, 5.74) is 3.98. The largest absolute Gasteiger partial charge is 0.461 e. The molecule has 0 spiro atoms. The van der Waals surface area contributed by atoms with Crippen LogP contribution in [0.4, 0.5) is 5.69 Å². The molecule has 0 radical (unpaired) electrons. The van der Waals surface area contributed by atoms with E-state index < -0.39 is 17.7 Å². The van der Waals surface area contributed by atoms with Crippen LogP contribution in [-0.4, -0.2) is 30.9 Å². The van der Waals surface area contributed by atoms with Crippen LogP contribution in [0.5, 0.6) is 0 Å². The van der Waals surface area contributed by atoms with Gasteiger partial charge >= 0.3 is 11.9 Å². The predicted molar refractivity (Wildman–Crippen MR) is 75.5 cm³/mol. The van der Waals surface area contributed by atoms with E-state index in [-0.39, 0.29) is 13.2 Å². The SMILES string of the molecule is CCOC(=O)C(=NNc1ccc(C)cc1)C(=O)OCC. The van der Waals surface area contributed by atoms with Crippen LogP contribution in [0.1, 0.15) is 19.4 Å². The number of anilines is 1. The van der Waals surface area contributed by atoms with E-state index in [2.05, 4.69) is 10.5 Å². The van der Waals surface area contributed by atoms with Gasteiger partial charge in [0.15, 0.2) is 0 Å². The second-order valence-corrected chi connectivity index (χ2v) is 3.88. The molecule has 1 aromatic rings. The van der Waals surface area contributed by atoms with Crippen molar-refractivity contribution in [2.75, 3.05) is 18.6 Å². The van der Waals surface area contributed by atoms with E-state index in [1.807, 2.05) is 19.1 Å². The molecule has 1 rings (SSSR count). The fourth-order valence-corrected chi connectivity index (χ4v) is 1.32. The highest BCUT2D eigenvalue weighted by molar-refractivity contribution is 6.62. The van der Waals surface area contributed by atoms with Gasteiger partial charge in [-0.1, -0.05) is 17.7 Å². The molecule has 0 bridgehead atoms. The summed E-state index contributed by atoms with van der Waals surface area (Å²) in [4.78, 5) is 23.3. The van der Waals surface area contributed by atoms with Crippen molar-refractivity contribution in [1.29, 1.82) is 0 Å². The van der Waals surface area contributed by atoms with E-state index in [4.69, 9.17) is 9.47 Å². The van der Waals surface area contributed by atoms with E-state index in [0.717, 1.165) is 5.56 Å².